The zero-order valence-electron chi connectivity index (χ0n) is 22.4. The third kappa shape index (κ3) is 18.0. The largest absolute Gasteiger partial charge is 0.386 e. The van der Waals surface area contributed by atoms with Gasteiger partial charge in [-0.25, -0.2) is 0 Å². The van der Waals surface area contributed by atoms with E-state index in [0.717, 1.165) is 44.9 Å². The van der Waals surface area contributed by atoms with Crippen molar-refractivity contribution in [2.45, 2.75) is 125 Å². The Morgan fingerprint density at radius 2 is 0.938 bits per heavy atom. The second kappa shape index (κ2) is 17.9. The molecule has 0 heterocycles. The van der Waals surface area contributed by atoms with E-state index in [2.05, 4.69) is 78.5 Å². The summed E-state index contributed by atoms with van der Waals surface area (Å²) in [6.45, 7) is 18.9. The molecule has 1 atom stereocenters. The van der Waals surface area contributed by atoms with Crippen molar-refractivity contribution < 1.29 is 5.11 Å². The molecule has 1 unspecified atom stereocenters. The second-order valence-electron chi connectivity index (χ2n) is 9.86. The van der Waals surface area contributed by atoms with Crippen molar-refractivity contribution in [2.75, 3.05) is 0 Å². The molecule has 0 aromatic rings. The van der Waals surface area contributed by atoms with Gasteiger partial charge in [0.2, 0.25) is 0 Å². The lowest BCUT2D eigenvalue weighted by atomic mass is 9.99. The molecule has 1 N–H and O–H groups in total. The van der Waals surface area contributed by atoms with Crippen molar-refractivity contribution in [2.24, 2.45) is 0 Å². The van der Waals surface area contributed by atoms with Crippen molar-refractivity contribution in [1.29, 1.82) is 0 Å². The third-order valence-electron chi connectivity index (χ3n) is 6.27. The molecule has 0 aliphatic carbocycles. The van der Waals surface area contributed by atoms with Gasteiger partial charge < -0.3 is 5.11 Å². The zero-order chi connectivity index (χ0) is 24.4. The van der Waals surface area contributed by atoms with E-state index < -0.39 is 5.60 Å². The highest BCUT2D eigenvalue weighted by Gasteiger charge is 2.13. The standard InChI is InChI=1S/C31H52O/c1-9-26(3)16-11-17-27(4)18-12-19-28(5)20-13-21-29(6)22-14-23-30(7)24-15-25-31(8,32)10-2/h10,16,18,20,22,24,32H,2,9,11-15,17,19,21,23,25H2,1,3-8H3/b26-16+,27-18+,28-20+,29-22+,30-24+. The van der Waals surface area contributed by atoms with Crippen molar-refractivity contribution >= 4 is 0 Å². The van der Waals surface area contributed by atoms with Gasteiger partial charge in [0.15, 0.2) is 0 Å². The maximum Gasteiger partial charge on any atom is 0.0800 e. The van der Waals surface area contributed by atoms with E-state index in [1.807, 2.05) is 6.92 Å². The van der Waals surface area contributed by atoms with Gasteiger partial charge in [-0.2, -0.15) is 0 Å². The first-order valence-corrected chi connectivity index (χ1v) is 12.7. The van der Waals surface area contributed by atoms with E-state index in [1.165, 1.54) is 53.5 Å². The summed E-state index contributed by atoms with van der Waals surface area (Å²) in [5, 5.41) is 9.97. The Hall–Kier alpha value is -1.60. The minimum atomic E-state index is -0.751. The first-order chi connectivity index (χ1) is 15.1. The van der Waals surface area contributed by atoms with Crippen molar-refractivity contribution in [3.05, 3.63) is 70.9 Å². The summed E-state index contributed by atoms with van der Waals surface area (Å²) in [5.41, 5.74) is 6.68. The fourth-order valence-electron chi connectivity index (χ4n) is 3.45. The maximum atomic E-state index is 9.97. The van der Waals surface area contributed by atoms with Crippen LogP contribution in [0.5, 0.6) is 0 Å². The Bertz CT molecular complexity index is 679. The number of allylic oxidation sites excluding steroid dienone is 10. The van der Waals surface area contributed by atoms with Gasteiger partial charge in [0.1, 0.15) is 0 Å². The summed E-state index contributed by atoms with van der Waals surface area (Å²) in [5.74, 6) is 0. The topological polar surface area (TPSA) is 20.2 Å². The molecule has 182 valence electrons. The molecule has 0 aliphatic heterocycles. The highest BCUT2D eigenvalue weighted by Crippen LogP contribution is 2.17. The molecule has 32 heavy (non-hydrogen) atoms. The van der Waals surface area contributed by atoms with Crippen LogP contribution in [0, 0.1) is 0 Å². The Labute approximate surface area is 200 Å². The molecule has 0 aliphatic rings. The fourth-order valence-corrected chi connectivity index (χ4v) is 3.45. The highest BCUT2D eigenvalue weighted by atomic mass is 16.3. The molecular weight excluding hydrogens is 388 g/mol. The summed E-state index contributed by atoms with van der Waals surface area (Å²) in [7, 11) is 0. The molecule has 0 radical (unpaired) electrons. The van der Waals surface area contributed by atoms with Crippen LogP contribution < -0.4 is 0 Å². The normalized spacial score (nSPS) is 16.3. The Kier molecular flexibility index (Phi) is 17.0. The van der Waals surface area contributed by atoms with Gasteiger partial charge in [-0.15, -0.1) is 6.58 Å². The van der Waals surface area contributed by atoms with E-state index in [1.54, 1.807) is 6.08 Å². The fraction of sp³-hybridized carbons (Fsp3) is 0.613. The smallest absolute Gasteiger partial charge is 0.0800 e. The van der Waals surface area contributed by atoms with Gasteiger partial charge in [0.25, 0.3) is 0 Å². The molecule has 0 bridgehead atoms. The van der Waals surface area contributed by atoms with Gasteiger partial charge >= 0.3 is 0 Å². The van der Waals surface area contributed by atoms with Crippen LogP contribution in [-0.4, -0.2) is 10.7 Å². The summed E-state index contributed by atoms with van der Waals surface area (Å²) < 4.78 is 0. The average Bonchev–Trinajstić information content (AvgIpc) is 2.73. The van der Waals surface area contributed by atoms with Crippen molar-refractivity contribution in [3.63, 3.8) is 0 Å². The van der Waals surface area contributed by atoms with Crippen molar-refractivity contribution in [1.82, 2.24) is 0 Å². The lowest BCUT2D eigenvalue weighted by molar-refractivity contribution is 0.103. The first-order valence-electron chi connectivity index (χ1n) is 12.7. The molecule has 0 saturated heterocycles. The zero-order valence-corrected chi connectivity index (χ0v) is 22.4. The number of rotatable bonds is 17. The Morgan fingerprint density at radius 1 is 0.625 bits per heavy atom. The Balaban J connectivity index is 4.13. The number of hydrogen-bond acceptors (Lipinski definition) is 1. The molecular formula is C31H52O. The highest BCUT2D eigenvalue weighted by molar-refractivity contribution is 5.08. The van der Waals surface area contributed by atoms with Crippen LogP contribution >= 0.6 is 0 Å². The second-order valence-corrected chi connectivity index (χ2v) is 9.86. The molecule has 1 heteroatoms. The lowest BCUT2D eigenvalue weighted by Crippen LogP contribution is -2.19. The average molecular weight is 441 g/mol. The van der Waals surface area contributed by atoms with Crippen LogP contribution in [0.3, 0.4) is 0 Å². The van der Waals surface area contributed by atoms with E-state index in [-0.39, 0.29) is 0 Å². The minimum absolute atomic E-state index is 0.736. The van der Waals surface area contributed by atoms with Crippen LogP contribution in [0.4, 0.5) is 0 Å². The lowest BCUT2D eigenvalue weighted by Gasteiger charge is -2.16. The molecule has 1 nitrogen and oxygen atoms in total. The summed E-state index contributed by atoms with van der Waals surface area (Å²) in [6.07, 6.45) is 25.5. The molecule has 0 spiro atoms. The van der Waals surface area contributed by atoms with Crippen LogP contribution in [0.25, 0.3) is 0 Å². The van der Waals surface area contributed by atoms with E-state index in [0.29, 0.717) is 0 Å². The third-order valence-corrected chi connectivity index (χ3v) is 6.27. The molecule has 0 saturated carbocycles. The predicted molar refractivity (Wildman–Crippen MR) is 146 cm³/mol. The van der Waals surface area contributed by atoms with Gasteiger partial charge in [-0.3, -0.25) is 0 Å². The quantitative estimate of drug-likeness (QED) is 0.223. The molecule has 0 aromatic carbocycles. The van der Waals surface area contributed by atoms with Gasteiger partial charge in [0.05, 0.1) is 5.60 Å². The van der Waals surface area contributed by atoms with E-state index in [9.17, 15) is 5.11 Å². The molecule has 0 rings (SSSR count). The first kappa shape index (κ1) is 30.4. The molecule has 0 fully saturated rings. The minimum Gasteiger partial charge on any atom is -0.386 e. The van der Waals surface area contributed by atoms with Gasteiger partial charge in [-0.05, 0) is 112 Å². The SMILES string of the molecule is C=CC(C)(O)CC/C=C(\C)CC/C=C(\C)CC/C=C(\C)CC/C=C(\C)CC/C=C(\C)CC. The monoisotopic (exact) mass is 440 g/mol. The van der Waals surface area contributed by atoms with Crippen molar-refractivity contribution in [3.8, 4) is 0 Å². The maximum absolute atomic E-state index is 9.97. The van der Waals surface area contributed by atoms with Crippen LogP contribution in [0.1, 0.15) is 119 Å². The van der Waals surface area contributed by atoms with Crippen LogP contribution in [0.15, 0.2) is 70.9 Å². The van der Waals surface area contributed by atoms with Crippen LogP contribution in [-0.2, 0) is 0 Å². The van der Waals surface area contributed by atoms with E-state index in [4.69, 9.17) is 0 Å². The van der Waals surface area contributed by atoms with Crippen LogP contribution in [0.2, 0.25) is 0 Å². The number of aliphatic hydroxyl groups is 1. The summed E-state index contributed by atoms with van der Waals surface area (Å²) in [6, 6.07) is 0. The summed E-state index contributed by atoms with van der Waals surface area (Å²) in [4.78, 5) is 0. The summed E-state index contributed by atoms with van der Waals surface area (Å²) >= 11 is 0. The molecule has 0 amide bonds. The Morgan fingerprint density at radius 3 is 1.25 bits per heavy atom. The predicted octanol–water partition coefficient (Wildman–Crippen LogP) is 9.97. The van der Waals surface area contributed by atoms with E-state index >= 15 is 0 Å². The molecule has 0 aromatic heterocycles. The number of hydrogen-bond donors (Lipinski definition) is 1. The van der Waals surface area contributed by atoms with Gasteiger partial charge in [0, 0.05) is 0 Å². The van der Waals surface area contributed by atoms with Gasteiger partial charge in [-0.1, -0.05) is 71.2 Å².